The molecule has 3 aliphatic carbocycles. The molecule has 2 bridgehead atoms. The Bertz CT molecular complexity index is 741. The maximum absolute atomic E-state index is 13.0. The molecule has 1 aliphatic heterocycles. The number of imide groups is 1. The molecular formula is C22H26N2O3. The first-order chi connectivity index (χ1) is 13.1. The van der Waals surface area contributed by atoms with Crippen LogP contribution in [0.3, 0.4) is 0 Å². The van der Waals surface area contributed by atoms with Crippen LogP contribution in [-0.2, 0) is 14.4 Å². The standard InChI is InChI=1S/C22H26N2O3/c25-20(23-16-4-2-1-3-5-16)13-8-10-17(11-9-13)24-21(26)18-14-6-7-15(12-14)19(18)22(24)27/h1-5,13-15,17-19H,6-12H2,(H,23,25)/t13?,14-,15-,17?,18+,19+/m0/s1. The van der Waals surface area contributed by atoms with Crippen LogP contribution in [0.1, 0.15) is 44.9 Å². The number of likely N-dealkylation sites (tertiary alicyclic amines) is 1. The Labute approximate surface area is 159 Å². The molecule has 5 nitrogen and oxygen atoms in total. The molecular weight excluding hydrogens is 340 g/mol. The molecule has 27 heavy (non-hydrogen) atoms. The summed E-state index contributed by atoms with van der Waals surface area (Å²) < 4.78 is 0. The summed E-state index contributed by atoms with van der Waals surface area (Å²) in [6.07, 6.45) is 6.28. The van der Waals surface area contributed by atoms with Gasteiger partial charge in [-0.05, 0) is 68.9 Å². The predicted molar refractivity (Wildman–Crippen MR) is 100 cm³/mol. The van der Waals surface area contributed by atoms with Gasteiger partial charge in [0, 0.05) is 17.6 Å². The lowest BCUT2D eigenvalue weighted by Crippen LogP contribution is -2.44. The van der Waals surface area contributed by atoms with E-state index in [2.05, 4.69) is 5.32 Å². The quantitative estimate of drug-likeness (QED) is 0.836. The first-order valence-electron chi connectivity index (χ1n) is 10.4. The number of benzene rings is 1. The summed E-state index contributed by atoms with van der Waals surface area (Å²) in [5.74, 6) is 1.01. The molecule has 4 aliphatic rings. The average molecular weight is 366 g/mol. The zero-order valence-electron chi connectivity index (χ0n) is 15.5. The third kappa shape index (κ3) is 2.70. The van der Waals surface area contributed by atoms with Crippen LogP contribution in [0.5, 0.6) is 0 Å². The van der Waals surface area contributed by atoms with Crippen LogP contribution in [0.25, 0.3) is 0 Å². The molecule has 1 saturated heterocycles. The number of nitrogens with one attached hydrogen (secondary N) is 1. The largest absolute Gasteiger partial charge is 0.326 e. The second-order valence-corrected chi connectivity index (χ2v) is 8.79. The summed E-state index contributed by atoms with van der Waals surface area (Å²) in [7, 11) is 0. The summed E-state index contributed by atoms with van der Waals surface area (Å²) in [5, 5.41) is 2.98. The van der Waals surface area contributed by atoms with E-state index in [1.807, 2.05) is 30.3 Å². The second-order valence-electron chi connectivity index (χ2n) is 8.79. The van der Waals surface area contributed by atoms with E-state index in [0.29, 0.717) is 11.8 Å². The number of fused-ring (bicyclic) bond motifs is 5. The molecule has 0 radical (unpaired) electrons. The van der Waals surface area contributed by atoms with Crippen molar-refractivity contribution in [1.82, 2.24) is 4.90 Å². The van der Waals surface area contributed by atoms with Crippen LogP contribution in [-0.4, -0.2) is 28.7 Å². The molecule has 1 N–H and O–H groups in total. The van der Waals surface area contributed by atoms with Gasteiger partial charge in [-0.1, -0.05) is 18.2 Å². The molecule has 3 saturated carbocycles. The summed E-state index contributed by atoms with van der Waals surface area (Å²) in [4.78, 5) is 40.1. The lowest BCUT2D eigenvalue weighted by molar-refractivity contribution is -0.144. The Morgan fingerprint density at radius 1 is 0.852 bits per heavy atom. The summed E-state index contributed by atoms with van der Waals surface area (Å²) in [5.41, 5.74) is 0.817. The summed E-state index contributed by atoms with van der Waals surface area (Å²) in [6, 6.07) is 9.50. The molecule has 0 unspecified atom stereocenters. The van der Waals surface area contributed by atoms with E-state index in [1.165, 1.54) is 0 Å². The molecule has 0 aromatic heterocycles. The van der Waals surface area contributed by atoms with Gasteiger partial charge in [0.05, 0.1) is 11.8 Å². The first-order valence-corrected chi connectivity index (χ1v) is 10.4. The molecule has 4 atom stereocenters. The highest BCUT2D eigenvalue weighted by molar-refractivity contribution is 6.06. The van der Waals surface area contributed by atoms with Gasteiger partial charge < -0.3 is 5.32 Å². The van der Waals surface area contributed by atoms with Gasteiger partial charge in [-0.25, -0.2) is 0 Å². The smallest absolute Gasteiger partial charge is 0.233 e. The van der Waals surface area contributed by atoms with Crippen LogP contribution in [0, 0.1) is 29.6 Å². The normalized spacial score (nSPS) is 37.6. The number of hydrogen-bond acceptors (Lipinski definition) is 3. The number of carbonyl (C=O) groups excluding carboxylic acids is 3. The van der Waals surface area contributed by atoms with E-state index in [1.54, 1.807) is 4.90 Å². The van der Waals surface area contributed by atoms with E-state index in [-0.39, 0.29) is 41.5 Å². The highest BCUT2D eigenvalue weighted by Crippen LogP contribution is 2.56. The Morgan fingerprint density at radius 2 is 1.44 bits per heavy atom. The van der Waals surface area contributed by atoms with E-state index in [0.717, 1.165) is 50.6 Å². The monoisotopic (exact) mass is 366 g/mol. The number of para-hydroxylation sites is 1. The molecule has 5 heteroatoms. The highest BCUT2D eigenvalue weighted by atomic mass is 16.2. The molecule has 142 valence electrons. The molecule has 4 fully saturated rings. The lowest BCUT2D eigenvalue weighted by Gasteiger charge is -2.33. The van der Waals surface area contributed by atoms with E-state index in [4.69, 9.17) is 0 Å². The van der Waals surface area contributed by atoms with Crippen molar-refractivity contribution in [1.29, 1.82) is 0 Å². The number of rotatable bonds is 3. The average Bonchev–Trinajstić information content (AvgIpc) is 3.37. The van der Waals surface area contributed by atoms with Crippen LogP contribution in [0.2, 0.25) is 0 Å². The Kier molecular flexibility index (Phi) is 4.06. The van der Waals surface area contributed by atoms with Crippen molar-refractivity contribution in [2.45, 2.75) is 51.0 Å². The van der Waals surface area contributed by atoms with Crippen LogP contribution >= 0.6 is 0 Å². The molecule has 0 spiro atoms. The highest BCUT2D eigenvalue weighted by Gasteiger charge is 2.61. The number of nitrogens with zero attached hydrogens (tertiary/aromatic N) is 1. The molecule has 1 aromatic rings. The van der Waals surface area contributed by atoms with E-state index >= 15 is 0 Å². The predicted octanol–water partition coefficient (Wildman–Crippen LogP) is 3.22. The van der Waals surface area contributed by atoms with Gasteiger partial charge in [-0.2, -0.15) is 0 Å². The summed E-state index contributed by atoms with van der Waals surface area (Å²) in [6.45, 7) is 0. The first kappa shape index (κ1) is 17.0. The van der Waals surface area contributed by atoms with Crippen molar-refractivity contribution in [2.75, 3.05) is 5.32 Å². The van der Waals surface area contributed by atoms with Gasteiger partial charge in [0.15, 0.2) is 0 Å². The molecule has 5 rings (SSSR count). The zero-order chi connectivity index (χ0) is 18.5. The van der Waals surface area contributed by atoms with E-state index < -0.39 is 0 Å². The maximum Gasteiger partial charge on any atom is 0.233 e. The van der Waals surface area contributed by atoms with Crippen LogP contribution in [0.15, 0.2) is 30.3 Å². The Hall–Kier alpha value is -2.17. The van der Waals surface area contributed by atoms with Gasteiger partial charge in [-0.3, -0.25) is 19.3 Å². The van der Waals surface area contributed by atoms with Gasteiger partial charge in [0.25, 0.3) is 0 Å². The third-order valence-corrected chi connectivity index (χ3v) is 7.44. The van der Waals surface area contributed by atoms with Crippen molar-refractivity contribution < 1.29 is 14.4 Å². The van der Waals surface area contributed by atoms with E-state index in [9.17, 15) is 14.4 Å². The van der Waals surface area contributed by atoms with Crippen molar-refractivity contribution in [3.8, 4) is 0 Å². The third-order valence-electron chi connectivity index (χ3n) is 7.44. The van der Waals surface area contributed by atoms with Gasteiger partial charge >= 0.3 is 0 Å². The van der Waals surface area contributed by atoms with Crippen molar-refractivity contribution in [2.24, 2.45) is 29.6 Å². The topological polar surface area (TPSA) is 66.5 Å². The van der Waals surface area contributed by atoms with Crippen LogP contribution in [0.4, 0.5) is 5.69 Å². The summed E-state index contributed by atoms with van der Waals surface area (Å²) >= 11 is 0. The number of anilines is 1. The molecule has 1 aromatic carbocycles. The SMILES string of the molecule is O=C(Nc1ccccc1)C1CCC(N2C(=O)[C@@H]3[C@H]4CC[C@@H](C4)[C@H]3C2=O)CC1. The number of carbonyl (C=O) groups is 3. The number of amides is 3. The fraction of sp³-hybridized carbons (Fsp3) is 0.591. The lowest BCUT2D eigenvalue weighted by atomic mass is 9.81. The molecule has 1 heterocycles. The van der Waals surface area contributed by atoms with Gasteiger partial charge in [0.1, 0.15) is 0 Å². The Morgan fingerprint density at radius 3 is 2.04 bits per heavy atom. The van der Waals surface area contributed by atoms with Crippen molar-refractivity contribution >= 4 is 23.4 Å². The minimum absolute atomic E-state index is 0.00391. The Balaban J connectivity index is 1.22. The van der Waals surface area contributed by atoms with Gasteiger partial charge in [-0.15, -0.1) is 0 Å². The fourth-order valence-corrected chi connectivity index (χ4v) is 6.15. The van der Waals surface area contributed by atoms with Crippen molar-refractivity contribution in [3.05, 3.63) is 30.3 Å². The minimum Gasteiger partial charge on any atom is -0.326 e. The minimum atomic E-state index is -0.0371. The van der Waals surface area contributed by atoms with Crippen molar-refractivity contribution in [3.63, 3.8) is 0 Å². The van der Waals surface area contributed by atoms with Gasteiger partial charge in [0.2, 0.25) is 17.7 Å². The second kappa shape index (κ2) is 6.47. The zero-order valence-corrected chi connectivity index (χ0v) is 15.5. The fourth-order valence-electron chi connectivity index (χ4n) is 6.15. The number of hydrogen-bond donors (Lipinski definition) is 1. The molecule has 3 amide bonds. The maximum atomic E-state index is 13.0. The van der Waals surface area contributed by atoms with Crippen LogP contribution < -0.4 is 5.32 Å².